The Hall–Kier alpha value is -2.29. The summed E-state index contributed by atoms with van der Waals surface area (Å²) in [6, 6.07) is 11.6. The number of hydrogen-bond acceptors (Lipinski definition) is 3. The second kappa shape index (κ2) is 5.37. The number of carbonyl (C=O) groups excluding carboxylic acids is 1. The van der Waals surface area contributed by atoms with Crippen molar-refractivity contribution in [2.24, 2.45) is 0 Å². The molecule has 0 N–H and O–H groups in total. The lowest BCUT2D eigenvalue weighted by Gasteiger charge is -2.11. The molecule has 1 aliphatic heterocycles. The molecule has 1 aliphatic rings. The summed E-state index contributed by atoms with van der Waals surface area (Å²) in [7, 11) is 0. The third-order valence-electron chi connectivity index (χ3n) is 3.39. The van der Waals surface area contributed by atoms with Crippen LogP contribution >= 0.6 is 0 Å². The second-order valence-electron chi connectivity index (χ2n) is 4.92. The number of aryl methyl sites for hydroxylation is 1. The highest BCUT2D eigenvalue weighted by Crippen LogP contribution is 2.35. The highest BCUT2D eigenvalue weighted by atomic mass is 16.5. The molecule has 0 saturated heterocycles. The third kappa shape index (κ3) is 2.39. The molecule has 2 aromatic carbocycles. The molecule has 3 heteroatoms. The summed E-state index contributed by atoms with van der Waals surface area (Å²) in [6.45, 7) is 3.35. The van der Waals surface area contributed by atoms with Crippen molar-refractivity contribution in [3.8, 4) is 22.6 Å². The molecule has 1 heterocycles. The smallest absolute Gasteiger partial charge is 0.161 e. The summed E-state index contributed by atoms with van der Waals surface area (Å²) < 4.78 is 11.3. The zero-order chi connectivity index (χ0) is 13.9. The van der Waals surface area contributed by atoms with Gasteiger partial charge in [0.1, 0.15) is 0 Å². The first-order valence-electron chi connectivity index (χ1n) is 6.74. The van der Waals surface area contributed by atoms with Crippen LogP contribution in [0.5, 0.6) is 11.5 Å². The Kier molecular flexibility index (Phi) is 3.42. The summed E-state index contributed by atoms with van der Waals surface area (Å²) in [4.78, 5) is 11.2. The summed E-state index contributed by atoms with van der Waals surface area (Å²) in [6.07, 6.45) is 1.77. The van der Waals surface area contributed by atoms with E-state index in [4.69, 9.17) is 9.47 Å². The van der Waals surface area contributed by atoms with Crippen molar-refractivity contribution >= 4 is 6.29 Å². The fourth-order valence-electron chi connectivity index (χ4n) is 2.35. The maximum atomic E-state index is 11.2. The van der Waals surface area contributed by atoms with Gasteiger partial charge in [-0.2, -0.15) is 0 Å². The highest BCUT2D eigenvalue weighted by molar-refractivity contribution is 5.88. The predicted molar refractivity (Wildman–Crippen MR) is 77.6 cm³/mol. The first-order valence-corrected chi connectivity index (χ1v) is 6.74. The minimum atomic E-state index is 0.658. The van der Waals surface area contributed by atoms with Gasteiger partial charge in [-0.1, -0.05) is 29.8 Å². The Morgan fingerprint density at radius 1 is 1.00 bits per heavy atom. The Morgan fingerprint density at radius 3 is 2.60 bits per heavy atom. The minimum absolute atomic E-state index is 0.658. The van der Waals surface area contributed by atoms with Gasteiger partial charge >= 0.3 is 0 Å². The fourth-order valence-corrected chi connectivity index (χ4v) is 2.35. The summed E-state index contributed by atoms with van der Waals surface area (Å²) in [5, 5.41) is 0. The van der Waals surface area contributed by atoms with Gasteiger partial charge in [0.05, 0.1) is 13.2 Å². The molecule has 0 aromatic heterocycles. The maximum absolute atomic E-state index is 11.2. The number of ether oxygens (including phenoxy) is 2. The van der Waals surface area contributed by atoms with Gasteiger partial charge in [-0.25, -0.2) is 0 Å². The van der Waals surface area contributed by atoms with Crippen LogP contribution in [0.3, 0.4) is 0 Å². The summed E-state index contributed by atoms with van der Waals surface area (Å²) in [5.74, 6) is 1.52. The fraction of sp³-hybridized carbons (Fsp3) is 0.235. The van der Waals surface area contributed by atoms with Gasteiger partial charge in [0.25, 0.3) is 0 Å². The molecule has 102 valence electrons. The molecule has 0 radical (unpaired) electrons. The highest BCUT2D eigenvalue weighted by Gasteiger charge is 2.13. The normalized spacial score (nSPS) is 13.7. The van der Waals surface area contributed by atoms with Crippen molar-refractivity contribution in [2.75, 3.05) is 13.2 Å². The van der Waals surface area contributed by atoms with E-state index in [9.17, 15) is 4.79 Å². The first-order chi connectivity index (χ1) is 9.78. The molecular formula is C17H16O3. The third-order valence-corrected chi connectivity index (χ3v) is 3.39. The molecule has 2 aromatic rings. The Morgan fingerprint density at radius 2 is 1.80 bits per heavy atom. The van der Waals surface area contributed by atoms with Gasteiger partial charge in [-0.3, -0.25) is 4.79 Å². The van der Waals surface area contributed by atoms with E-state index in [0.29, 0.717) is 18.8 Å². The molecule has 0 fully saturated rings. The molecule has 3 nitrogen and oxygen atoms in total. The van der Waals surface area contributed by atoms with E-state index in [1.165, 1.54) is 0 Å². The molecule has 0 atom stereocenters. The van der Waals surface area contributed by atoms with Gasteiger partial charge in [0.2, 0.25) is 0 Å². The molecular weight excluding hydrogens is 252 g/mol. The Labute approximate surface area is 118 Å². The SMILES string of the molecule is Cc1ccc(C=O)c(-c2ccc3c(c2)OCCCO3)c1. The lowest BCUT2D eigenvalue weighted by molar-refractivity contribution is 0.112. The van der Waals surface area contributed by atoms with Crippen LogP contribution in [0.1, 0.15) is 22.3 Å². The molecule has 0 unspecified atom stereocenters. The van der Waals surface area contributed by atoms with Crippen molar-refractivity contribution in [1.29, 1.82) is 0 Å². The van der Waals surface area contributed by atoms with Gasteiger partial charge in [-0.05, 0) is 30.2 Å². The first kappa shape index (κ1) is 12.7. The van der Waals surface area contributed by atoms with Gasteiger partial charge in [-0.15, -0.1) is 0 Å². The average molecular weight is 268 g/mol. The summed E-state index contributed by atoms with van der Waals surface area (Å²) in [5.41, 5.74) is 3.71. The number of benzene rings is 2. The van der Waals surface area contributed by atoms with E-state index in [1.54, 1.807) is 0 Å². The number of hydrogen-bond donors (Lipinski definition) is 0. The van der Waals surface area contributed by atoms with Crippen molar-refractivity contribution in [3.63, 3.8) is 0 Å². The minimum Gasteiger partial charge on any atom is -0.490 e. The summed E-state index contributed by atoms with van der Waals surface area (Å²) >= 11 is 0. The van der Waals surface area contributed by atoms with Crippen LogP contribution in [0.2, 0.25) is 0 Å². The molecule has 0 saturated carbocycles. The van der Waals surface area contributed by atoms with Gasteiger partial charge in [0, 0.05) is 12.0 Å². The van der Waals surface area contributed by atoms with Gasteiger partial charge in [0.15, 0.2) is 17.8 Å². The monoisotopic (exact) mass is 268 g/mol. The average Bonchev–Trinajstić information content (AvgIpc) is 2.71. The van der Waals surface area contributed by atoms with Crippen molar-refractivity contribution in [3.05, 3.63) is 47.5 Å². The molecule has 20 heavy (non-hydrogen) atoms. The van der Waals surface area contributed by atoms with Crippen molar-refractivity contribution in [2.45, 2.75) is 13.3 Å². The Balaban J connectivity index is 2.09. The number of carbonyl (C=O) groups is 1. The predicted octanol–water partition coefficient (Wildman–Crippen LogP) is 3.64. The largest absolute Gasteiger partial charge is 0.490 e. The van der Waals surface area contributed by atoms with E-state index < -0.39 is 0 Å². The molecule has 0 aliphatic carbocycles. The standard InChI is InChI=1S/C17H16O3/c1-12-3-4-14(11-18)15(9-12)13-5-6-16-17(10-13)20-8-2-7-19-16/h3-6,9-11H,2,7-8H2,1H3. The number of aldehydes is 1. The van der Waals surface area contributed by atoms with E-state index in [1.807, 2.05) is 43.3 Å². The number of fused-ring (bicyclic) bond motifs is 1. The molecule has 0 amide bonds. The van der Waals surface area contributed by atoms with Crippen LogP contribution < -0.4 is 9.47 Å². The molecule has 3 rings (SSSR count). The van der Waals surface area contributed by atoms with Crippen molar-refractivity contribution < 1.29 is 14.3 Å². The number of rotatable bonds is 2. The maximum Gasteiger partial charge on any atom is 0.161 e. The topological polar surface area (TPSA) is 35.5 Å². The van der Waals surface area contributed by atoms with Crippen LogP contribution in [0.15, 0.2) is 36.4 Å². The van der Waals surface area contributed by atoms with Crippen LogP contribution in [-0.2, 0) is 0 Å². The van der Waals surface area contributed by atoms with Crippen molar-refractivity contribution in [1.82, 2.24) is 0 Å². The zero-order valence-corrected chi connectivity index (χ0v) is 11.4. The van der Waals surface area contributed by atoms with Crippen LogP contribution in [-0.4, -0.2) is 19.5 Å². The lowest BCUT2D eigenvalue weighted by atomic mass is 9.98. The second-order valence-corrected chi connectivity index (χ2v) is 4.92. The lowest BCUT2D eigenvalue weighted by Crippen LogP contribution is -1.97. The van der Waals surface area contributed by atoms with Crippen LogP contribution in [0.25, 0.3) is 11.1 Å². The van der Waals surface area contributed by atoms with Crippen LogP contribution in [0, 0.1) is 6.92 Å². The van der Waals surface area contributed by atoms with E-state index in [0.717, 1.165) is 40.9 Å². The van der Waals surface area contributed by atoms with E-state index >= 15 is 0 Å². The quantitative estimate of drug-likeness (QED) is 0.780. The van der Waals surface area contributed by atoms with Crippen LogP contribution in [0.4, 0.5) is 0 Å². The zero-order valence-electron chi connectivity index (χ0n) is 11.4. The molecule has 0 bridgehead atoms. The van der Waals surface area contributed by atoms with Gasteiger partial charge < -0.3 is 9.47 Å². The van der Waals surface area contributed by atoms with E-state index in [2.05, 4.69) is 0 Å². The van der Waals surface area contributed by atoms with E-state index in [-0.39, 0.29) is 0 Å². The Bertz CT molecular complexity index is 647. The molecule has 0 spiro atoms.